The highest BCUT2D eigenvalue weighted by Gasteiger charge is 2.52. The van der Waals surface area contributed by atoms with Crippen LogP contribution in [0.1, 0.15) is 11.5 Å². The minimum atomic E-state index is -1.59. The average molecular weight is 350 g/mol. The van der Waals surface area contributed by atoms with Crippen LogP contribution in [0.2, 0.25) is 5.02 Å². The van der Waals surface area contributed by atoms with E-state index in [1.807, 2.05) is 31.3 Å². The molecule has 0 fully saturated rings. The molecule has 2 atom stereocenters. The van der Waals surface area contributed by atoms with E-state index in [2.05, 4.69) is 23.1 Å². The van der Waals surface area contributed by atoms with E-state index < -0.39 is 5.41 Å². The number of fused-ring (bicyclic) bond motifs is 1. The first kappa shape index (κ1) is 17.1. The van der Waals surface area contributed by atoms with Crippen LogP contribution in [0, 0.1) is 45.3 Å². The minimum absolute atomic E-state index is 0.0250. The monoisotopic (exact) mass is 349 g/mol. The number of rotatable bonds is 1. The molecule has 3 rings (SSSR count). The molecule has 1 heterocycles. The molecule has 0 bridgehead atoms. The lowest BCUT2D eigenvalue weighted by Gasteiger charge is -2.44. The predicted octanol–water partition coefficient (Wildman–Crippen LogP) is 2.70. The van der Waals surface area contributed by atoms with Crippen LogP contribution in [0.4, 0.5) is 0 Å². The summed E-state index contributed by atoms with van der Waals surface area (Å²) in [4.78, 5) is 2.09. The smallest absolute Gasteiger partial charge is 0.204 e. The number of nitrogens with zero attached hydrogens (tertiary/aromatic N) is 4. The van der Waals surface area contributed by atoms with Crippen LogP contribution in [0.3, 0.4) is 0 Å². The zero-order valence-electron chi connectivity index (χ0n) is 13.7. The van der Waals surface area contributed by atoms with Crippen molar-refractivity contribution >= 4 is 11.6 Å². The second-order valence-corrected chi connectivity index (χ2v) is 6.81. The Morgan fingerprint density at radius 3 is 2.52 bits per heavy atom. The molecule has 0 aromatic heterocycles. The van der Waals surface area contributed by atoms with Crippen molar-refractivity contribution in [3.63, 3.8) is 0 Å². The van der Waals surface area contributed by atoms with Gasteiger partial charge in [-0.15, -0.1) is 0 Å². The molecule has 1 aliphatic carbocycles. The molecule has 124 valence electrons. The van der Waals surface area contributed by atoms with Gasteiger partial charge >= 0.3 is 0 Å². The summed E-state index contributed by atoms with van der Waals surface area (Å²) in [6.45, 7) is 1.24. The van der Waals surface area contributed by atoms with Gasteiger partial charge in [0.05, 0.1) is 29.5 Å². The molecule has 0 saturated carbocycles. The van der Waals surface area contributed by atoms with Crippen molar-refractivity contribution in [3.8, 4) is 18.2 Å². The average Bonchev–Trinajstić information content (AvgIpc) is 2.62. The first-order valence-corrected chi connectivity index (χ1v) is 8.24. The third kappa shape index (κ3) is 2.39. The van der Waals surface area contributed by atoms with Crippen molar-refractivity contribution in [2.75, 3.05) is 20.1 Å². The van der Waals surface area contributed by atoms with Crippen LogP contribution >= 0.6 is 11.6 Å². The minimum Gasteiger partial charge on any atom is -0.399 e. The maximum Gasteiger partial charge on any atom is 0.204 e. The van der Waals surface area contributed by atoms with Gasteiger partial charge in [0, 0.05) is 29.9 Å². The van der Waals surface area contributed by atoms with Gasteiger partial charge in [0.25, 0.3) is 0 Å². The summed E-state index contributed by atoms with van der Waals surface area (Å²) in [7, 11) is 1.96. The molecule has 0 spiro atoms. The molecule has 0 amide bonds. The number of hydrogen-bond acceptors (Lipinski definition) is 5. The van der Waals surface area contributed by atoms with Gasteiger partial charge in [0.15, 0.2) is 0 Å². The molecule has 0 radical (unpaired) electrons. The van der Waals surface area contributed by atoms with E-state index >= 15 is 0 Å². The zero-order valence-corrected chi connectivity index (χ0v) is 14.5. The number of benzene rings is 1. The summed E-state index contributed by atoms with van der Waals surface area (Å²) in [6, 6.07) is 13.6. The van der Waals surface area contributed by atoms with Crippen molar-refractivity contribution < 1.29 is 0 Å². The maximum atomic E-state index is 9.78. The fourth-order valence-corrected chi connectivity index (χ4v) is 4.11. The molecule has 5 nitrogen and oxygen atoms in total. The van der Waals surface area contributed by atoms with Gasteiger partial charge in [-0.05, 0) is 24.3 Å². The first-order chi connectivity index (χ1) is 12.0. The van der Waals surface area contributed by atoms with Crippen molar-refractivity contribution in [2.24, 2.45) is 17.1 Å². The Labute approximate surface area is 151 Å². The predicted molar refractivity (Wildman–Crippen MR) is 93.7 cm³/mol. The molecular weight excluding hydrogens is 334 g/mol. The highest BCUT2D eigenvalue weighted by atomic mass is 35.5. The lowest BCUT2D eigenvalue weighted by Crippen LogP contribution is -2.46. The summed E-state index contributed by atoms with van der Waals surface area (Å²) in [5.41, 5.74) is 6.39. The van der Waals surface area contributed by atoms with E-state index in [1.165, 1.54) is 0 Å². The van der Waals surface area contributed by atoms with Crippen LogP contribution in [-0.2, 0) is 0 Å². The SMILES string of the molecule is CN1CC=C2C(C1)C(c1ccccc1Cl)C(C#N)=C(N)C2(C#N)C#N. The largest absolute Gasteiger partial charge is 0.399 e. The van der Waals surface area contributed by atoms with Crippen LogP contribution in [0.25, 0.3) is 0 Å². The molecular formula is C19H16ClN5. The van der Waals surface area contributed by atoms with Crippen molar-refractivity contribution in [1.29, 1.82) is 15.8 Å². The molecule has 0 saturated heterocycles. The topological polar surface area (TPSA) is 101 Å². The Balaban J connectivity index is 2.35. The second-order valence-electron chi connectivity index (χ2n) is 6.40. The van der Waals surface area contributed by atoms with Gasteiger partial charge in [-0.2, -0.15) is 15.8 Å². The van der Waals surface area contributed by atoms with Gasteiger partial charge in [0.1, 0.15) is 0 Å². The van der Waals surface area contributed by atoms with Crippen molar-refractivity contribution in [1.82, 2.24) is 4.90 Å². The summed E-state index contributed by atoms with van der Waals surface area (Å²) in [5.74, 6) is -0.581. The van der Waals surface area contributed by atoms with E-state index in [0.29, 0.717) is 23.7 Å². The molecule has 1 aliphatic heterocycles. The lowest BCUT2D eigenvalue weighted by atomic mass is 9.60. The van der Waals surface area contributed by atoms with Crippen LogP contribution < -0.4 is 5.73 Å². The molecule has 2 aliphatic rings. The lowest BCUT2D eigenvalue weighted by molar-refractivity contribution is 0.264. The Kier molecular flexibility index (Phi) is 4.27. The van der Waals surface area contributed by atoms with E-state index in [0.717, 1.165) is 5.56 Å². The molecule has 2 N–H and O–H groups in total. The molecule has 6 heteroatoms. The number of nitriles is 3. The number of halogens is 1. The van der Waals surface area contributed by atoms with Crippen LogP contribution in [0.5, 0.6) is 0 Å². The Morgan fingerprint density at radius 1 is 1.24 bits per heavy atom. The van der Waals surface area contributed by atoms with E-state index in [4.69, 9.17) is 17.3 Å². The van der Waals surface area contributed by atoms with E-state index in [1.54, 1.807) is 6.07 Å². The Bertz CT molecular complexity index is 895. The third-order valence-electron chi connectivity index (χ3n) is 5.07. The van der Waals surface area contributed by atoms with Gasteiger partial charge in [0.2, 0.25) is 5.41 Å². The number of likely N-dealkylation sites (N-methyl/N-ethyl adjacent to an activating group) is 1. The third-order valence-corrected chi connectivity index (χ3v) is 5.41. The van der Waals surface area contributed by atoms with Gasteiger partial charge in [-0.3, -0.25) is 0 Å². The summed E-state index contributed by atoms with van der Waals surface area (Å²) < 4.78 is 0. The summed E-state index contributed by atoms with van der Waals surface area (Å²) >= 11 is 6.40. The zero-order chi connectivity index (χ0) is 18.2. The first-order valence-electron chi connectivity index (χ1n) is 7.86. The fourth-order valence-electron chi connectivity index (χ4n) is 3.86. The van der Waals surface area contributed by atoms with Crippen molar-refractivity contribution in [3.05, 3.63) is 57.8 Å². The molecule has 1 aromatic carbocycles. The van der Waals surface area contributed by atoms with E-state index in [-0.39, 0.29) is 23.1 Å². The second kappa shape index (κ2) is 6.26. The Morgan fingerprint density at radius 2 is 1.92 bits per heavy atom. The molecule has 1 aromatic rings. The van der Waals surface area contributed by atoms with E-state index in [9.17, 15) is 15.8 Å². The molecule has 25 heavy (non-hydrogen) atoms. The maximum absolute atomic E-state index is 9.78. The summed E-state index contributed by atoms with van der Waals surface area (Å²) in [6.07, 6.45) is 1.89. The molecule has 2 unspecified atom stereocenters. The quantitative estimate of drug-likeness (QED) is 0.785. The standard InChI is InChI=1S/C19H16ClN5/c1-25-7-6-15-14(9-25)17(12-4-2-3-5-16(12)20)13(8-21)18(24)19(15,10-22)11-23/h2-6,14,17H,7,9,24H2,1H3. The number of nitrogens with two attached hydrogens (primary N) is 1. The number of allylic oxidation sites excluding steroid dienone is 2. The summed E-state index contributed by atoms with van der Waals surface area (Å²) in [5, 5.41) is 29.9. The number of hydrogen-bond donors (Lipinski definition) is 1. The van der Waals surface area contributed by atoms with Gasteiger partial charge < -0.3 is 10.6 Å². The highest BCUT2D eigenvalue weighted by Crippen LogP contribution is 2.53. The fraction of sp³-hybridized carbons (Fsp3) is 0.316. The van der Waals surface area contributed by atoms with Gasteiger partial charge in [-0.25, -0.2) is 0 Å². The Hall–Kier alpha value is -2.78. The highest BCUT2D eigenvalue weighted by molar-refractivity contribution is 6.31. The van der Waals surface area contributed by atoms with Crippen molar-refractivity contribution in [2.45, 2.75) is 5.92 Å². The normalized spacial score (nSPS) is 25.2. The van der Waals surface area contributed by atoms with Crippen LogP contribution in [-0.4, -0.2) is 25.0 Å². The van der Waals surface area contributed by atoms with Crippen LogP contribution in [0.15, 0.2) is 47.2 Å². The van der Waals surface area contributed by atoms with Gasteiger partial charge in [-0.1, -0.05) is 35.9 Å².